The van der Waals surface area contributed by atoms with Gasteiger partial charge in [-0.15, -0.1) is 0 Å². The van der Waals surface area contributed by atoms with Crippen LogP contribution in [0.4, 0.5) is 10.5 Å². The summed E-state index contributed by atoms with van der Waals surface area (Å²) in [6.07, 6.45) is 0.929. The molecule has 25 heavy (non-hydrogen) atoms. The molecule has 2 aromatic rings. The lowest BCUT2D eigenvalue weighted by molar-refractivity contribution is -0.121. The summed E-state index contributed by atoms with van der Waals surface area (Å²) in [5.74, 6) is -0.290. The van der Waals surface area contributed by atoms with E-state index in [0.29, 0.717) is 0 Å². The van der Waals surface area contributed by atoms with Crippen molar-refractivity contribution in [1.82, 2.24) is 10.2 Å². The molecule has 1 heterocycles. The number of carbonyl (C=O) groups excluding carboxylic acids is 2. The van der Waals surface area contributed by atoms with Gasteiger partial charge < -0.3 is 5.32 Å². The smallest absolute Gasteiger partial charge is 0.307 e. The molecule has 1 aliphatic heterocycles. The van der Waals surface area contributed by atoms with E-state index in [4.69, 9.17) is 0 Å². The number of carbonyl (C=O) groups is 2. The third-order valence-electron chi connectivity index (χ3n) is 4.68. The SMILES string of the molecule is Cc1cccc(NC(=O)NC(=O)CN2CCc3ccccc3C2)c1C. The van der Waals surface area contributed by atoms with Gasteiger partial charge in [0.2, 0.25) is 5.91 Å². The fourth-order valence-corrected chi connectivity index (χ4v) is 3.10. The molecule has 3 amide bonds. The number of fused-ring (bicyclic) bond motifs is 1. The summed E-state index contributed by atoms with van der Waals surface area (Å²) in [6.45, 7) is 5.70. The first-order valence-electron chi connectivity index (χ1n) is 8.49. The molecule has 5 heteroatoms. The Hall–Kier alpha value is -2.66. The Labute approximate surface area is 148 Å². The Morgan fingerprint density at radius 2 is 1.80 bits per heavy atom. The molecule has 0 radical (unpaired) electrons. The first-order chi connectivity index (χ1) is 12.0. The first-order valence-corrected chi connectivity index (χ1v) is 8.49. The van der Waals surface area contributed by atoms with Crippen molar-refractivity contribution in [1.29, 1.82) is 0 Å². The van der Waals surface area contributed by atoms with Crippen LogP contribution in [0.25, 0.3) is 0 Å². The number of benzene rings is 2. The zero-order valence-electron chi connectivity index (χ0n) is 14.6. The Kier molecular flexibility index (Phi) is 5.14. The van der Waals surface area contributed by atoms with Gasteiger partial charge in [-0.2, -0.15) is 0 Å². The molecule has 0 atom stereocenters. The zero-order valence-corrected chi connectivity index (χ0v) is 14.6. The Morgan fingerprint density at radius 3 is 2.60 bits per heavy atom. The van der Waals surface area contributed by atoms with Crippen molar-refractivity contribution in [2.75, 3.05) is 18.4 Å². The van der Waals surface area contributed by atoms with Crippen LogP contribution in [0, 0.1) is 13.8 Å². The summed E-state index contributed by atoms with van der Waals surface area (Å²) in [5, 5.41) is 5.16. The monoisotopic (exact) mass is 337 g/mol. The van der Waals surface area contributed by atoms with Gasteiger partial charge in [0.15, 0.2) is 0 Å². The molecule has 0 unspecified atom stereocenters. The summed E-state index contributed by atoms with van der Waals surface area (Å²) in [6, 6.07) is 13.5. The van der Waals surface area contributed by atoms with Gasteiger partial charge in [0.25, 0.3) is 0 Å². The van der Waals surface area contributed by atoms with Crippen LogP contribution in [0.5, 0.6) is 0 Å². The maximum absolute atomic E-state index is 12.2. The number of amides is 3. The number of anilines is 1. The van der Waals surface area contributed by atoms with Crippen molar-refractivity contribution in [3.8, 4) is 0 Å². The van der Waals surface area contributed by atoms with Gasteiger partial charge in [0.1, 0.15) is 0 Å². The van der Waals surface area contributed by atoms with Gasteiger partial charge >= 0.3 is 6.03 Å². The topological polar surface area (TPSA) is 61.4 Å². The molecule has 5 nitrogen and oxygen atoms in total. The molecule has 1 aliphatic rings. The van der Waals surface area contributed by atoms with Crippen LogP contribution in [-0.4, -0.2) is 29.9 Å². The zero-order chi connectivity index (χ0) is 17.8. The van der Waals surface area contributed by atoms with Crippen LogP contribution >= 0.6 is 0 Å². The highest BCUT2D eigenvalue weighted by atomic mass is 16.2. The summed E-state index contributed by atoms with van der Waals surface area (Å²) in [4.78, 5) is 26.3. The number of nitrogens with zero attached hydrogens (tertiary/aromatic N) is 1. The number of hydrogen-bond acceptors (Lipinski definition) is 3. The third-order valence-corrected chi connectivity index (χ3v) is 4.68. The second-order valence-corrected chi connectivity index (χ2v) is 6.48. The minimum atomic E-state index is -0.490. The molecule has 0 saturated carbocycles. The number of nitrogens with one attached hydrogen (secondary N) is 2. The Morgan fingerprint density at radius 1 is 1.04 bits per heavy atom. The van der Waals surface area contributed by atoms with Gasteiger partial charge in [0.05, 0.1) is 6.54 Å². The largest absolute Gasteiger partial charge is 0.325 e. The van der Waals surface area contributed by atoms with Crippen LogP contribution < -0.4 is 10.6 Å². The van der Waals surface area contributed by atoms with Crippen LogP contribution in [-0.2, 0) is 17.8 Å². The third kappa shape index (κ3) is 4.25. The molecule has 0 saturated heterocycles. The summed E-state index contributed by atoms with van der Waals surface area (Å²) in [7, 11) is 0. The van der Waals surface area contributed by atoms with E-state index in [9.17, 15) is 9.59 Å². The molecule has 0 fully saturated rings. The highest BCUT2D eigenvalue weighted by Crippen LogP contribution is 2.19. The second-order valence-electron chi connectivity index (χ2n) is 6.48. The number of urea groups is 1. The van der Waals surface area contributed by atoms with E-state index < -0.39 is 6.03 Å². The molecular weight excluding hydrogens is 314 g/mol. The van der Waals surface area contributed by atoms with E-state index in [2.05, 4.69) is 27.7 Å². The van der Waals surface area contributed by atoms with Crippen LogP contribution in [0.2, 0.25) is 0 Å². The van der Waals surface area contributed by atoms with Gasteiger partial charge in [-0.05, 0) is 48.6 Å². The molecular formula is C20H23N3O2. The lowest BCUT2D eigenvalue weighted by Crippen LogP contribution is -2.43. The van der Waals surface area contributed by atoms with E-state index in [1.54, 1.807) is 0 Å². The average molecular weight is 337 g/mol. The minimum absolute atomic E-state index is 0.217. The van der Waals surface area contributed by atoms with Gasteiger partial charge in [-0.3, -0.25) is 15.0 Å². The van der Waals surface area contributed by atoms with Crippen LogP contribution in [0.1, 0.15) is 22.3 Å². The average Bonchev–Trinajstić information content (AvgIpc) is 2.58. The van der Waals surface area contributed by atoms with Crippen molar-refractivity contribution >= 4 is 17.6 Å². The predicted octanol–water partition coefficient (Wildman–Crippen LogP) is 3.01. The standard InChI is InChI=1S/C20H23N3O2/c1-14-6-5-9-18(15(14)2)21-20(25)22-19(24)13-23-11-10-16-7-3-4-8-17(16)12-23/h3-9H,10-13H2,1-2H3,(H2,21,22,24,25). The molecule has 0 aromatic heterocycles. The first kappa shape index (κ1) is 17.2. The molecule has 0 spiro atoms. The molecule has 0 aliphatic carbocycles. The summed E-state index contributed by atoms with van der Waals surface area (Å²) >= 11 is 0. The number of rotatable bonds is 3. The second kappa shape index (κ2) is 7.49. The van der Waals surface area contributed by atoms with Crippen molar-refractivity contribution < 1.29 is 9.59 Å². The van der Waals surface area contributed by atoms with Crippen LogP contribution in [0.15, 0.2) is 42.5 Å². The number of aryl methyl sites for hydroxylation is 1. The van der Waals surface area contributed by atoms with Crippen molar-refractivity contribution in [2.45, 2.75) is 26.8 Å². The fourth-order valence-electron chi connectivity index (χ4n) is 3.10. The normalized spacial score (nSPS) is 13.8. The number of imide groups is 1. The Bertz CT molecular complexity index is 801. The van der Waals surface area contributed by atoms with E-state index in [-0.39, 0.29) is 12.5 Å². The summed E-state index contributed by atoms with van der Waals surface area (Å²) in [5.41, 5.74) is 5.40. The van der Waals surface area contributed by atoms with E-state index in [1.165, 1.54) is 11.1 Å². The van der Waals surface area contributed by atoms with Crippen LogP contribution in [0.3, 0.4) is 0 Å². The molecule has 2 N–H and O–H groups in total. The van der Waals surface area contributed by atoms with Crippen molar-refractivity contribution in [3.05, 3.63) is 64.7 Å². The quantitative estimate of drug-likeness (QED) is 0.905. The Balaban J connectivity index is 1.53. The maximum atomic E-state index is 12.2. The van der Waals surface area contributed by atoms with Gasteiger partial charge in [0, 0.05) is 18.8 Å². The van der Waals surface area contributed by atoms with E-state index in [1.807, 2.05) is 44.2 Å². The van der Waals surface area contributed by atoms with Crippen molar-refractivity contribution in [3.63, 3.8) is 0 Å². The molecule has 3 rings (SSSR count). The van der Waals surface area contributed by atoms with Gasteiger partial charge in [-0.25, -0.2) is 4.79 Å². The minimum Gasteiger partial charge on any atom is -0.307 e. The van der Waals surface area contributed by atoms with Gasteiger partial charge in [-0.1, -0.05) is 36.4 Å². The highest BCUT2D eigenvalue weighted by molar-refractivity contribution is 6.02. The predicted molar refractivity (Wildman–Crippen MR) is 98.5 cm³/mol. The molecule has 0 bridgehead atoms. The lowest BCUT2D eigenvalue weighted by atomic mass is 10.00. The molecule has 2 aromatic carbocycles. The maximum Gasteiger partial charge on any atom is 0.325 e. The fraction of sp³-hybridized carbons (Fsp3) is 0.300. The molecule has 130 valence electrons. The van der Waals surface area contributed by atoms with Crippen molar-refractivity contribution in [2.24, 2.45) is 0 Å². The highest BCUT2D eigenvalue weighted by Gasteiger charge is 2.19. The summed E-state index contributed by atoms with van der Waals surface area (Å²) < 4.78 is 0. The lowest BCUT2D eigenvalue weighted by Gasteiger charge is -2.27. The number of hydrogen-bond donors (Lipinski definition) is 2. The van der Waals surface area contributed by atoms with E-state index in [0.717, 1.165) is 36.3 Å². The van der Waals surface area contributed by atoms with E-state index >= 15 is 0 Å².